The number of ether oxygens (including phenoxy) is 3. The topological polar surface area (TPSA) is 57.7 Å². The quantitative estimate of drug-likeness (QED) is 0.557. The van der Waals surface area contributed by atoms with E-state index in [2.05, 4.69) is 4.98 Å². The van der Waals surface area contributed by atoms with Crippen molar-refractivity contribution < 1.29 is 23.4 Å². The molecule has 0 aliphatic rings. The van der Waals surface area contributed by atoms with Crippen LogP contribution in [-0.4, -0.2) is 18.1 Å². The molecule has 0 amide bonds. The third kappa shape index (κ3) is 4.83. The number of rotatable bonds is 7. The van der Waals surface area contributed by atoms with Crippen molar-refractivity contribution in [1.82, 2.24) is 4.98 Å². The summed E-state index contributed by atoms with van der Waals surface area (Å²) in [6.45, 7) is 2.06. The van der Waals surface area contributed by atoms with E-state index in [9.17, 15) is 9.18 Å². The lowest BCUT2D eigenvalue weighted by atomic mass is 10.2. The molecular weight excluding hydrogens is 369 g/mol. The first-order valence-electron chi connectivity index (χ1n) is 8.19. The van der Waals surface area contributed by atoms with Gasteiger partial charge in [0.25, 0.3) is 0 Å². The van der Waals surface area contributed by atoms with Gasteiger partial charge in [-0.05, 0) is 37.3 Å². The molecule has 0 spiro atoms. The van der Waals surface area contributed by atoms with Gasteiger partial charge in [0.05, 0.1) is 17.8 Å². The maximum atomic E-state index is 13.4. The summed E-state index contributed by atoms with van der Waals surface area (Å²) in [5.74, 6) is -0.137. The number of hydrogen-bond donors (Lipinski definition) is 0. The van der Waals surface area contributed by atoms with Gasteiger partial charge in [0, 0.05) is 10.9 Å². The molecule has 0 saturated carbocycles. The van der Waals surface area contributed by atoms with Gasteiger partial charge < -0.3 is 14.2 Å². The number of para-hydroxylation sites is 1. The van der Waals surface area contributed by atoms with Crippen LogP contribution in [0.2, 0.25) is 0 Å². The van der Waals surface area contributed by atoms with Crippen molar-refractivity contribution in [3.8, 4) is 11.5 Å². The summed E-state index contributed by atoms with van der Waals surface area (Å²) < 4.78 is 29.7. The van der Waals surface area contributed by atoms with Crippen LogP contribution in [0, 0.1) is 12.7 Å². The van der Waals surface area contributed by atoms with E-state index < -0.39 is 11.8 Å². The van der Waals surface area contributed by atoms with E-state index in [1.165, 1.54) is 36.6 Å². The number of nitrogens with zero attached hydrogens (tertiary/aromatic N) is 1. The fraction of sp³-hybridized carbons (Fsp3) is 0.200. The molecule has 0 radical (unpaired) electrons. The molecule has 3 rings (SSSR count). The van der Waals surface area contributed by atoms with Crippen LogP contribution < -0.4 is 9.47 Å². The molecule has 2 aromatic carbocycles. The zero-order chi connectivity index (χ0) is 19.2. The molecule has 1 aromatic heterocycles. The highest BCUT2D eigenvalue weighted by atomic mass is 32.1. The number of hydrogen-bond acceptors (Lipinski definition) is 6. The van der Waals surface area contributed by atoms with Crippen molar-refractivity contribution in [3.63, 3.8) is 0 Å². The highest BCUT2D eigenvalue weighted by molar-refractivity contribution is 7.09. The summed E-state index contributed by atoms with van der Waals surface area (Å²) in [6, 6.07) is 10.9. The molecule has 0 atom stereocenters. The molecule has 0 unspecified atom stereocenters. The minimum atomic E-state index is -0.564. The van der Waals surface area contributed by atoms with Gasteiger partial charge in [-0.2, -0.15) is 0 Å². The number of thiazole rings is 1. The lowest BCUT2D eigenvalue weighted by Crippen LogP contribution is -2.09. The van der Waals surface area contributed by atoms with Gasteiger partial charge in [-0.3, -0.25) is 0 Å². The number of carbonyl (C=O) groups is 1. The molecule has 0 aliphatic carbocycles. The highest BCUT2D eigenvalue weighted by Crippen LogP contribution is 2.24. The zero-order valence-corrected chi connectivity index (χ0v) is 15.7. The minimum absolute atomic E-state index is 0.112. The van der Waals surface area contributed by atoms with E-state index in [-0.39, 0.29) is 13.2 Å². The second-order valence-corrected chi connectivity index (χ2v) is 6.74. The van der Waals surface area contributed by atoms with Gasteiger partial charge in [-0.15, -0.1) is 11.3 Å². The van der Waals surface area contributed by atoms with E-state index in [1.54, 1.807) is 24.3 Å². The predicted octanol–water partition coefficient (Wildman–Crippen LogP) is 4.54. The maximum absolute atomic E-state index is 13.4. The van der Waals surface area contributed by atoms with Crippen LogP contribution >= 0.6 is 11.3 Å². The van der Waals surface area contributed by atoms with Crippen molar-refractivity contribution in [3.05, 3.63) is 75.5 Å². The first-order chi connectivity index (χ1) is 13.1. The fourth-order valence-corrected chi connectivity index (χ4v) is 3.07. The number of carbonyl (C=O) groups excluding carboxylic acids is 1. The normalized spacial score (nSPS) is 10.5. The average molecular weight is 387 g/mol. The lowest BCUT2D eigenvalue weighted by Gasteiger charge is -2.12. The van der Waals surface area contributed by atoms with Crippen molar-refractivity contribution in [2.45, 2.75) is 20.1 Å². The predicted molar refractivity (Wildman–Crippen MR) is 99.7 cm³/mol. The van der Waals surface area contributed by atoms with Gasteiger partial charge in [-0.25, -0.2) is 14.2 Å². The molecule has 0 aliphatic heterocycles. The molecule has 0 fully saturated rings. The standard InChI is InChI=1S/C20H18FNO4S/c1-13-22-16(12-27-13)11-25-19-6-4-3-5-17(19)20(23)26-10-14-9-15(21)7-8-18(14)24-2/h3-9,12H,10-11H2,1-2H3. The molecule has 5 nitrogen and oxygen atoms in total. The van der Waals surface area contributed by atoms with E-state index in [0.717, 1.165) is 10.7 Å². The van der Waals surface area contributed by atoms with E-state index >= 15 is 0 Å². The van der Waals surface area contributed by atoms with Gasteiger partial charge in [0.1, 0.15) is 36.1 Å². The molecule has 1 heterocycles. The molecule has 0 saturated heterocycles. The number of aryl methyl sites for hydroxylation is 1. The Hall–Kier alpha value is -2.93. The van der Waals surface area contributed by atoms with Gasteiger partial charge in [-0.1, -0.05) is 12.1 Å². The van der Waals surface area contributed by atoms with Crippen LogP contribution in [0.4, 0.5) is 4.39 Å². The third-order valence-corrected chi connectivity index (χ3v) is 4.57. The van der Waals surface area contributed by atoms with Gasteiger partial charge >= 0.3 is 5.97 Å². The Kier molecular flexibility index (Phi) is 6.03. The van der Waals surface area contributed by atoms with Crippen molar-refractivity contribution in [1.29, 1.82) is 0 Å². The largest absolute Gasteiger partial charge is 0.496 e. The molecule has 3 aromatic rings. The first kappa shape index (κ1) is 18.8. The smallest absolute Gasteiger partial charge is 0.342 e. The minimum Gasteiger partial charge on any atom is -0.496 e. The number of methoxy groups -OCH3 is 1. The summed E-state index contributed by atoms with van der Waals surface area (Å²) in [4.78, 5) is 16.8. The average Bonchev–Trinajstić information content (AvgIpc) is 3.10. The zero-order valence-electron chi connectivity index (χ0n) is 14.9. The monoisotopic (exact) mass is 387 g/mol. The first-order valence-corrected chi connectivity index (χ1v) is 9.07. The SMILES string of the molecule is COc1ccc(F)cc1COC(=O)c1ccccc1OCc1csc(C)n1. The van der Waals surface area contributed by atoms with Crippen LogP contribution in [0.1, 0.15) is 26.6 Å². The third-order valence-electron chi connectivity index (χ3n) is 3.75. The molecule has 0 bridgehead atoms. The van der Waals surface area contributed by atoms with Crippen LogP contribution in [-0.2, 0) is 18.0 Å². The van der Waals surface area contributed by atoms with Crippen molar-refractivity contribution in [2.75, 3.05) is 7.11 Å². The highest BCUT2D eigenvalue weighted by Gasteiger charge is 2.15. The van der Waals surface area contributed by atoms with Gasteiger partial charge in [0.2, 0.25) is 0 Å². The Morgan fingerprint density at radius 1 is 1.15 bits per heavy atom. The summed E-state index contributed by atoms with van der Waals surface area (Å²) >= 11 is 1.54. The molecule has 7 heteroatoms. The Balaban J connectivity index is 1.69. The number of halogens is 1. The van der Waals surface area contributed by atoms with E-state index in [4.69, 9.17) is 14.2 Å². The summed E-state index contributed by atoms with van der Waals surface area (Å²) in [7, 11) is 1.47. The Morgan fingerprint density at radius 3 is 2.70 bits per heavy atom. The molecule has 27 heavy (non-hydrogen) atoms. The van der Waals surface area contributed by atoms with Crippen LogP contribution in [0.15, 0.2) is 47.8 Å². The van der Waals surface area contributed by atoms with Crippen molar-refractivity contribution >= 4 is 17.3 Å². The fourth-order valence-electron chi connectivity index (χ4n) is 2.47. The second-order valence-electron chi connectivity index (χ2n) is 5.67. The van der Waals surface area contributed by atoms with Gasteiger partial charge in [0.15, 0.2) is 0 Å². The van der Waals surface area contributed by atoms with Crippen molar-refractivity contribution in [2.24, 2.45) is 0 Å². The Labute approximate surface area is 160 Å². The Bertz CT molecular complexity index is 941. The number of aromatic nitrogens is 1. The second kappa shape index (κ2) is 8.64. The Morgan fingerprint density at radius 2 is 1.96 bits per heavy atom. The lowest BCUT2D eigenvalue weighted by molar-refractivity contribution is 0.0464. The summed E-state index contributed by atoms with van der Waals surface area (Å²) in [5.41, 5.74) is 1.53. The summed E-state index contributed by atoms with van der Waals surface area (Å²) in [6.07, 6.45) is 0. The summed E-state index contributed by atoms with van der Waals surface area (Å²) in [5, 5.41) is 2.86. The maximum Gasteiger partial charge on any atom is 0.342 e. The molecular formula is C20H18FNO4S. The molecule has 140 valence electrons. The van der Waals surface area contributed by atoms with Crippen LogP contribution in [0.5, 0.6) is 11.5 Å². The number of benzene rings is 2. The molecule has 0 N–H and O–H groups in total. The van der Waals surface area contributed by atoms with Crippen LogP contribution in [0.25, 0.3) is 0 Å². The van der Waals surface area contributed by atoms with E-state index in [0.29, 0.717) is 22.6 Å². The van der Waals surface area contributed by atoms with E-state index in [1.807, 2.05) is 12.3 Å². The number of esters is 1. The van der Waals surface area contributed by atoms with Crippen LogP contribution in [0.3, 0.4) is 0 Å².